The second-order valence-electron chi connectivity index (χ2n) is 6.94. The molecule has 0 aromatic rings. The molecule has 0 atom stereocenters. The van der Waals surface area contributed by atoms with Crippen LogP contribution in [0.25, 0.3) is 0 Å². The first-order valence-corrected chi connectivity index (χ1v) is 7.48. The Hall–Kier alpha value is -2.09. The Balaban J connectivity index is 2.47. The normalized spacial score (nSPS) is 19.3. The van der Waals surface area contributed by atoms with Crippen molar-refractivity contribution in [1.82, 2.24) is 21.5 Å². The Bertz CT molecular complexity index is 472. The highest BCUT2D eigenvalue weighted by Crippen LogP contribution is 2.28. The van der Waals surface area contributed by atoms with Crippen LogP contribution in [0.4, 0.5) is 4.79 Å². The van der Waals surface area contributed by atoms with E-state index in [-0.39, 0.29) is 23.7 Å². The summed E-state index contributed by atoms with van der Waals surface area (Å²) >= 11 is 0. The molecule has 1 aliphatic rings. The molecule has 1 saturated heterocycles. The van der Waals surface area contributed by atoms with Crippen LogP contribution in [-0.2, 0) is 14.3 Å². The minimum Gasteiger partial charge on any atom is -0.444 e. The van der Waals surface area contributed by atoms with Gasteiger partial charge in [-0.1, -0.05) is 12.7 Å². The zero-order valence-corrected chi connectivity index (χ0v) is 14.1. The topological polar surface area (TPSA) is 109 Å². The number of hydrogen-bond acceptors (Lipinski definition) is 5. The van der Waals surface area contributed by atoms with Crippen LogP contribution in [0.1, 0.15) is 40.5 Å². The van der Waals surface area contributed by atoms with Crippen molar-refractivity contribution in [3.63, 3.8) is 0 Å². The minimum atomic E-state index is -0.949. The molecule has 3 amide bonds. The van der Waals surface area contributed by atoms with Crippen LogP contribution >= 0.6 is 0 Å². The molecule has 0 aromatic heterocycles. The fourth-order valence-electron chi connectivity index (χ4n) is 3.01. The summed E-state index contributed by atoms with van der Waals surface area (Å²) in [7, 11) is 0. The van der Waals surface area contributed by atoms with E-state index < -0.39 is 17.9 Å². The number of hydrogen-bond donors (Lipinski definition) is 4. The lowest BCUT2D eigenvalue weighted by Crippen LogP contribution is -2.63. The van der Waals surface area contributed by atoms with Gasteiger partial charge in [-0.05, 0) is 40.5 Å². The monoisotopic (exact) mass is 326 g/mol. The van der Waals surface area contributed by atoms with E-state index in [0.717, 1.165) is 0 Å². The van der Waals surface area contributed by atoms with Gasteiger partial charge in [-0.2, -0.15) is 0 Å². The van der Waals surface area contributed by atoms with Gasteiger partial charge in [0.15, 0.2) is 0 Å². The maximum Gasteiger partial charge on any atom is 0.426 e. The van der Waals surface area contributed by atoms with Gasteiger partial charge in [0.05, 0.1) is 0 Å². The first-order valence-electron chi connectivity index (χ1n) is 7.48. The molecule has 0 aromatic carbocycles. The lowest BCUT2D eigenvalue weighted by molar-refractivity contribution is -0.140. The van der Waals surface area contributed by atoms with Gasteiger partial charge in [0.25, 0.3) is 0 Å². The first kappa shape index (κ1) is 19.0. The summed E-state index contributed by atoms with van der Waals surface area (Å²) in [5.41, 5.74) is 3.68. The molecule has 0 radical (unpaired) electrons. The van der Waals surface area contributed by atoms with E-state index in [9.17, 15) is 14.4 Å². The standard InChI is InChI=1S/C15H26N4O4/c1-6-7-23-13(22)18-17-12(21)11(20)16-10-8-14(2,3)19-15(4,5)9-10/h6,10,19H,1,7-9H2,2-5H3,(H,16,20)(H,17,21)(H,18,22). The van der Waals surface area contributed by atoms with Crippen LogP contribution in [0.15, 0.2) is 12.7 Å². The van der Waals surface area contributed by atoms with Gasteiger partial charge in [0, 0.05) is 17.1 Å². The minimum absolute atomic E-state index is 0.00708. The number of piperidine rings is 1. The largest absolute Gasteiger partial charge is 0.444 e. The molecule has 0 saturated carbocycles. The van der Waals surface area contributed by atoms with Crippen molar-refractivity contribution in [3.05, 3.63) is 12.7 Å². The van der Waals surface area contributed by atoms with Crippen LogP contribution in [-0.4, -0.2) is 41.6 Å². The SMILES string of the molecule is C=CCOC(=O)NNC(=O)C(=O)NC1CC(C)(C)NC(C)(C)C1. The Labute approximate surface area is 136 Å². The third kappa shape index (κ3) is 6.68. The number of rotatable bonds is 3. The average molecular weight is 326 g/mol. The highest BCUT2D eigenvalue weighted by molar-refractivity contribution is 6.35. The van der Waals surface area contributed by atoms with Crippen LogP contribution in [0.2, 0.25) is 0 Å². The number of amides is 3. The summed E-state index contributed by atoms with van der Waals surface area (Å²) in [6, 6.07) is -0.132. The molecule has 0 aliphatic carbocycles. The van der Waals surface area contributed by atoms with Crippen molar-refractivity contribution in [2.75, 3.05) is 6.61 Å². The molecule has 1 aliphatic heterocycles. The van der Waals surface area contributed by atoms with Gasteiger partial charge in [0.2, 0.25) is 0 Å². The van der Waals surface area contributed by atoms with Gasteiger partial charge in [0.1, 0.15) is 6.61 Å². The maximum atomic E-state index is 11.9. The highest BCUT2D eigenvalue weighted by atomic mass is 16.6. The van der Waals surface area contributed by atoms with Crippen molar-refractivity contribution in [2.24, 2.45) is 0 Å². The third-order valence-electron chi connectivity index (χ3n) is 3.34. The van der Waals surface area contributed by atoms with Crippen molar-refractivity contribution < 1.29 is 19.1 Å². The van der Waals surface area contributed by atoms with E-state index in [1.165, 1.54) is 6.08 Å². The number of carbonyl (C=O) groups is 3. The van der Waals surface area contributed by atoms with Crippen LogP contribution in [0, 0.1) is 0 Å². The smallest absolute Gasteiger partial charge is 0.426 e. The summed E-state index contributed by atoms with van der Waals surface area (Å²) < 4.78 is 4.60. The van der Waals surface area contributed by atoms with E-state index in [1.807, 2.05) is 38.5 Å². The van der Waals surface area contributed by atoms with E-state index in [0.29, 0.717) is 12.8 Å². The molecule has 1 rings (SSSR count). The molecular formula is C15H26N4O4. The summed E-state index contributed by atoms with van der Waals surface area (Å²) in [4.78, 5) is 34.7. The summed E-state index contributed by atoms with van der Waals surface area (Å²) in [5, 5.41) is 6.19. The Kier molecular flexibility index (Phi) is 6.14. The van der Waals surface area contributed by atoms with Crippen molar-refractivity contribution in [3.8, 4) is 0 Å². The third-order valence-corrected chi connectivity index (χ3v) is 3.34. The van der Waals surface area contributed by atoms with Crippen molar-refractivity contribution >= 4 is 17.9 Å². The number of carbonyl (C=O) groups excluding carboxylic acids is 3. The Morgan fingerprint density at radius 2 is 1.70 bits per heavy atom. The fraction of sp³-hybridized carbons (Fsp3) is 0.667. The number of nitrogens with one attached hydrogen (secondary N) is 4. The van der Waals surface area contributed by atoms with Gasteiger partial charge < -0.3 is 15.4 Å². The maximum absolute atomic E-state index is 11.9. The van der Waals surface area contributed by atoms with Crippen LogP contribution < -0.4 is 21.5 Å². The van der Waals surface area contributed by atoms with E-state index in [1.54, 1.807) is 0 Å². The molecule has 1 fully saturated rings. The molecular weight excluding hydrogens is 300 g/mol. The van der Waals surface area contributed by atoms with Crippen molar-refractivity contribution in [2.45, 2.75) is 57.7 Å². The summed E-state index contributed by atoms with van der Waals surface area (Å²) in [6.45, 7) is 11.6. The van der Waals surface area contributed by atoms with Gasteiger partial charge >= 0.3 is 17.9 Å². The quantitative estimate of drug-likeness (QED) is 0.340. The molecule has 8 heteroatoms. The molecule has 0 spiro atoms. The fourth-order valence-corrected chi connectivity index (χ4v) is 3.01. The average Bonchev–Trinajstić information content (AvgIpc) is 2.38. The van der Waals surface area contributed by atoms with E-state index in [2.05, 4.69) is 21.9 Å². The van der Waals surface area contributed by atoms with Gasteiger partial charge in [-0.15, -0.1) is 0 Å². The molecule has 0 bridgehead atoms. The molecule has 0 unspecified atom stereocenters. The number of ether oxygens (including phenoxy) is 1. The lowest BCUT2D eigenvalue weighted by Gasteiger charge is -2.46. The van der Waals surface area contributed by atoms with Gasteiger partial charge in [-0.25, -0.2) is 10.2 Å². The molecule has 1 heterocycles. The van der Waals surface area contributed by atoms with Gasteiger partial charge in [-0.3, -0.25) is 15.0 Å². The second-order valence-corrected chi connectivity index (χ2v) is 6.94. The highest BCUT2D eigenvalue weighted by Gasteiger charge is 2.38. The predicted octanol–water partition coefficient (Wildman–Crippen LogP) is 0.355. The molecule has 8 nitrogen and oxygen atoms in total. The van der Waals surface area contributed by atoms with Crippen molar-refractivity contribution in [1.29, 1.82) is 0 Å². The van der Waals surface area contributed by atoms with Crippen LogP contribution in [0.3, 0.4) is 0 Å². The zero-order chi connectivity index (χ0) is 17.7. The molecule has 23 heavy (non-hydrogen) atoms. The van der Waals surface area contributed by atoms with E-state index >= 15 is 0 Å². The first-order chi connectivity index (χ1) is 10.5. The number of hydrazine groups is 1. The Morgan fingerprint density at radius 1 is 1.13 bits per heavy atom. The second kappa shape index (κ2) is 7.45. The Morgan fingerprint density at radius 3 is 2.22 bits per heavy atom. The lowest BCUT2D eigenvalue weighted by atomic mass is 9.79. The van der Waals surface area contributed by atoms with E-state index in [4.69, 9.17) is 0 Å². The van der Waals surface area contributed by atoms with Crippen LogP contribution in [0.5, 0.6) is 0 Å². The summed E-state index contributed by atoms with van der Waals surface area (Å²) in [6.07, 6.45) is 1.92. The zero-order valence-electron chi connectivity index (χ0n) is 14.1. The molecule has 130 valence electrons. The predicted molar refractivity (Wildman–Crippen MR) is 85.3 cm³/mol. The molecule has 4 N–H and O–H groups in total. The summed E-state index contributed by atoms with van der Waals surface area (Å²) in [5.74, 6) is -1.75.